The van der Waals surface area contributed by atoms with E-state index in [1.165, 1.54) is 4.31 Å². The summed E-state index contributed by atoms with van der Waals surface area (Å²) in [5.74, 6) is 1.21. The zero-order chi connectivity index (χ0) is 19.6. The van der Waals surface area contributed by atoms with Crippen LogP contribution in [-0.2, 0) is 14.8 Å². The molecular formula is C20H30N2O4S. The Bertz CT molecular complexity index is 785. The number of likely N-dealkylation sites (tertiary alicyclic amines) is 1. The molecule has 1 aromatic carbocycles. The lowest BCUT2D eigenvalue weighted by Crippen LogP contribution is -2.48. The fourth-order valence-electron chi connectivity index (χ4n) is 4.01. The predicted molar refractivity (Wildman–Crippen MR) is 104 cm³/mol. The Morgan fingerprint density at radius 3 is 2.48 bits per heavy atom. The number of nitrogens with zero attached hydrogens (tertiary/aromatic N) is 2. The fraction of sp³-hybridized carbons (Fsp3) is 0.650. The van der Waals surface area contributed by atoms with Gasteiger partial charge < -0.3 is 9.64 Å². The van der Waals surface area contributed by atoms with Crippen LogP contribution in [0.25, 0.3) is 0 Å². The Morgan fingerprint density at radius 2 is 1.85 bits per heavy atom. The van der Waals surface area contributed by atoms with Gasteiger partial charge in [-0.2, -0.15) is 4.31 Å². The molecule has 0 bridgehead atoms. The molecule has 1 amide bonds. The Labute approximate surface area is 162 Å². The molecule has 2 aliphatic heterocycles. The summed E-state index contributed by atoms with van der Waals surface area (Å²) in [7, 11) is -2.04. The van der Waals surface area contributed by atoms with Crippen molar-refractivity contribution in [3.05, 3.63) is 23.8 Å². The fourth-order valence-corrected chi connectivity index (χ4v) is 5.62. The van der Waals surface area contributed by atoms with Gasteiger partial charge in [-0.05, 0) is 62.3 Å². The predicted octanol–water partition coefficient (Wildman–Crippen LogP) is 2.66. The van der Waals surface area contributed by atoms with Crippen LogP contribution in [0.2, 0.25) is 0 Å². The third-order valence-corrected chi connectivity index (χ3v) is 7.69. The second-order valence-electron chi connectivity index (χ2n) is 7.84. The number of hydrogen-bond donors (Lipinski definition) is 0. The molecule has 7 heteroatoms. The van der Waals surface area contributed by atoms with Crippen LogP contribution in [0.5, 0.6) is 5.75 Å². The van der Waals surface area contributed by atoms with Crippen molar-refractivity contribution in [1.82, 2.24) is 9.21 Å². The van der Waals surface area contributed by atoms with Gasteiger partial charge in [0.2, 0.25) is 15.9 Å². The van der Waals surface area contributed by atoms with Crippen LogP contribution in [0.3, 0.4) is 0 Å². The molecule has 0 saturated carbocycles. The van der Waals surface area contributed by atoms with E-state index < -0.39 is 10.0 Å². The molecule has 150 valence electrons. The Kier molecular flexibility index (Phi) is 6.11. The number of carbonyl (C=O) groups excluding carboxylic acids is 1. The van der Waals surface area contributed by atoms with Crippen molar-refractivity contribution in [3.8, 4) is 5.75 Å². The maximum absolute atomic E-state index is 13.1. The molecular weight excluding hydrogens is 364 g/mol. The van der Waals surface area contributed by atoms with E-state index in [4.69, 9.17) is 4.74 Å². The molecule has 6 nitrogen and oxygen atoms in total. The van der Waals surface area contributed by atoms with E-state index in [1.54, 1.807) is 25.3 Å². The second-order valence-corrected chi connectivity index (χ2v) is 9.78. The first-order chi connectivity index (χ1) is 12.8. The smallest absolute Gasteiger partial charge is 0.243 e. The minimum atomic E-state index is -3.61. The van der Waals surface area contributed by atoms with Gasteiger partial charge >= 0.3 is 0 Å². The van der Waals surface area contributed by atoms with Crippen molar-refractivity contribution in [3.63, 3.8) is 0 Å². The van der Waals surface area contributed by atoms with Gasteiger partial charge in [-0.3, -0.25) is 4.79 Å². The highest BCUT2D eigenvalue weighted by atomic mass is 32.2. The highest BCUT2D eigenvalue weighted by molar-refractivity contribution is 7.89. The number of aryl methyl sites for hydroxylation is 1. The topological polar surface area (TPSA) is 66.9 Å². The van der Waals surface area contributed by atoms with E-state index in [0.29, 0.717) is 18.2 Å². The third-order valence-electron chi connectivity index (χ3n) is 5.83. The maximum atomic E-state index is 13.1. The van der Waals surface area contributed by atoms with Gasteiger partial charge in [-0.1, -0.05) is 6.92 Å². The van der Waals surface area contributed by atoms with Crippen molar-refractivity contribution in [2.45, 2.75) is 44.4 Å². The monoisotopic (exact) mass is 394 g/mol. The number of methoxy groups -OCH3 is 1. The van der Waals surface area contributed by atoms with Crippen LogP contribution in [0.1, 0.15) is 38.2 Å². The molecule has 0 N–H and O–H groups in total. The van der Waals surface area contributed by atoms with E-state index in [-0.39, 0.29) is 23.3 Å². The van der Waals surface area contributed by atoms with Gasteiger partial charge in [0.1, 0.15) is 5.75 Å². The van der Waals surface area contributed by atoms with Crippen LogP contribution in [-0.4, -0.2) is 56.8 Å². The van der Waals surface area contributed by atoms with Crippen LogP contribution in [0.15, 0.2) is 23.1 Å². The van der Waals surface area contributed by atoms with Crippen LogP contribution in [0.4, 0.5) is 0 Å². The van der Waals surface area contributed by atoms with Gasteiger partial charge in [0.15, 0.2) is 0 Å². The maximum Gasteiger partial charge on any atom is 0.243 e. The number of hydrogen-bond acceptors (Lipinski definition) is 4. The van der Waals surface area contributed by atoms with E-state index in [2.05, 4.69) is 6.92 Å². The number of sulfonamides is 1. The Hall–Kier alpha value is -1.60. The Morgan fingerprint density at radius 1 is 1.15 bits per heavy atom. The first-order valence-electron chi connectivity index (χ1n) is 9.76. The van der Waals surface area contributed by atoms with Gasteiger partial charge in [0.25, 0.3) is 0 Å². The lowest BCUT2D eigenvalue weighted by atomic mass is 9.94. The normalized spacial score (nSPS) is 22.6. The zero-order valence-corrected chi connectivity index (χ0v) is 17.3. The molecule has 1 atom stereocenters. The summed E-state index contributed by atoms with van der Waals surface area (Å²) in [5, 5.41) is 0. The van der Waals surface area contributed by atoms with Gasteiger partial charge in [-0.25, -0.2) is 8.42 Å². The van der Waals surface area contributed by atoms with E-state index in [0.717, 1.165) is 44.3 Å². The van der Waals surface area contributed by atoms with Gasteiger partial charge in [-0.15, -0.1) is 0 Å². The summed E-state index contributed by atoms with van der Waals surface area (Å²) in [6.07, 6.45) is 3.55. The molecule has 0 radical (unpaired) electrons. The molecule has 3 rings (SSSR count). The standard InChI is InChI=1S/C20H30N2O4S/c1-15-8-11-21(12-9-15)20(23)17-5-4-10-22(14-17)27(24,25)18-6-7-19(26-3)16(2)13-18/h6-7,13,15,17H,4-5,8-12,14H2,1-3H3/t17-/m1/s1. The molecule has 0 aliphatic carbocycles. The summed E-state index contributed by atoms with van der Waals surface area (Å²) in [4.78, 5) is 15.1. The quantitative estimate of drug-likeness (QED) is 0.787. The minimum Gasteiger partial charge on any atom is -0.496 e. The number of rotatable bonds is 4. The molecule has 27 heavy (non-hydrogen) atoms. The molecule has 0 unspecified atom stereocenters. The first kappa shape index (κ1) is 20.1. The molecule has 2 fully saturated rings. The van der Waals surface area contributed by atoms with Crippen molar-refractivity contribution in [1.29, 1.82) is 0 Å². The minimum absolute atomic E-state index is 0.118. The highest BCUT2D eigenvalue weighted by Crippen LogP contribution is 2.28. The molecule has 0 aromatic heterocycles. The number of amides is 1. The van der Waals surface area contributed by atoms with E-state index in [9.17, 15) is 13.2 Å². The van der Waals surface area contributed by atoms with Crippen LogP contribution < -0.4 is 4.74 Å². The highest BCUT2D eigenvalue weighted by Gasteiger charge is 2.35. The first-order valence-corrected chi connectivity index (χ1v) is 11.2. The molecule has 2 heterocycles. The van der Waals surface area contributed by atoms with Crippen molar-refractivity contribution >= 4 is 15.9 Å². The third kappa shape index (κ3) is 4.29. The van der Waals surface area contributed by atoms with Crippen LogP contribution in [0, 0.1) is 18.8 Å². The number of piperidine rings is 2. The largest absolute Gasteiger partial charge is 0.496 e. The summed E-state index contributed by atoms with van der Waals surface area (Å²) < 4.78 is 32.9. The van der Waals surface area contributed by atoms with Crippen molar-refractivity contribution < 1.29 is 17.9 Å². The Balaban J connectivity index is 1.73. The molecule has 0 spiro atoms. The van der Waals surface area contributed by atoms with E-state index >= 15 is 0 Å². The van der Waals surface area contributed by atoms with Crippen LogP contribution >= 0.6 is 0 Å². The number of benzene rings is 1. The summed E-state index contributed by atoms with van der Waals surface area (Å²) >= 11 is 0. The molecule has 1 aromatic rings. The summed E-state index contributed by atoms with van der Waals surface area (Å²) in [6.45, 7) is 6.37. The summed E-state index contributed by atoms with van der Waals surface area (Å²) in [5.41, 5.74) is 0.783. The van der Waals surface area contributed by atoms with E-state index in [1.807, 2.05) is 11.8 Å². The average molecular weight is 395 g/mol. The van der Waals surface area contributed by atoms with Crippen molar-refractivity contribution in [2.75, 3.05) is 33.3 Å². The lowest BCUT2D eigenvalue weighted by molar-refractivity contribution is -0.138. The zero-order valence-electron chi connectivity index (χ0n) is 16.5. The molecule has 2 saturated heterocycles. The van der Waals surface area contributed by atoms with Crippen molar-refractivity contribution in [2.24, 2.45) is 11.8 Å². The molecule has 2 aliphatic rings. The van der Waals surface area contributed by atoms with Gasteiger partial charge in [0.05, 0.1) is 17.9 Å². The van der Waals surface area contributed by atoms with Gasteiger partial charge in [0, 0.05) is 26.2 Å². The summed E-state index contributed by atoms with van der Waals surface area (Å²) in [6, 6.07) is 4.91. The number of carbonyl (C=O) groups is 1. The number of ether oxygens (including phenoxy) is 1. The lowest BCUT2D eigenvalue weighted by Gasteiger charge is -2.37. The second kappa shape index (κ2) is 8.19. The SMILES string of the molecule is COc1ccc(S(=O)(=O)N2CCC[C@@H](C(=O)N3CCC(C)CC3)C2)cc1C. The average Bonchev–Trinajstić information content (AvgIpc) is 2.68.